The van der Waals surface area contributed by atoms with Crippen molar-refractivity contribution in [3.8, 4) is 17.1 Å². The molecule has 0 bridgehead atoms. The van der Waals surface area contributed by atoms with Crippen molar-refractivity contribution in [1.82, 2.24) is 5.32 Å². The number of carbonyl (C=O) groups excluding carboxylic acids is 1. The molecule has 0 aliphatic rings. The van der Waals surface area contributed by atoms with Crippen LogP contribution in [0.4, 0.5) is 0 Å². The minimum Gasteiger partial charge on any atom is -0.497 e. The van der Waals surface area contributed by atoms with Gasteiger partial charge in [0.15, 0.2) is 9.84 Å². The van der Waals surface area contributed by atoms with E-state index in [1.54, 1.807) is 31.4 Å². The lowest BCUT2D eigenvalue weighted by molar-refractivity contribution is -0.121. The minimum absolute atomic E-state index is 0.0999. The Morgan fingerprint density at radius 2 is 1.70 bits per heavy atom. The highest BCUT2D eigenvalue weighted by Gasteiger charge is 2.13. The first-order valence-corrected chi connectivity index (χ1v) is 11.5. The number of amides is 1. The van der Waals surface area contributed by atoms with E-state index in [9.17, 15) is 13.2 Å². The minimum atomic E-state index is -3.23. The molecule has 1 atom stereocenters. The Kier molecular flexibility index (Phi) is 6.62. The third kappa shape index (κ3) is 5.51. The predicted octanol–water partition coefficient (Wildman–Crippen LogP) is 4.17. The van der Waals surface area contributed by atoms with Crippen LogP contribution in [-0.4, -0.2) is 27.7 Å². The van der Waals surface area contributed by atoms with Crippen LogP contribution in [0, 0.1) is 0 Å². The predicted molar refractivity (Wildman–Crippen MR) is 115 cm³/mol. The molecule has 158 valence electrons. The maximum atomic E-state index is 12.3. The fourth-order valence-corrected chi connectivity index (χ4v) is 3.69. The molecular formula is C23H25NO5S. The fraction of sp³-hybridized carbons (Fsp3) is 0.261. The van der Waals surface area contributed by atoms with Gasteiger partial charge in [0, 0.05) is 24.7 Å². The summed E-state index contributed by atoms with van der Waals surface area (Å²) in [7, 11) is -1.61. The number of carbonyl (C=O) groups is 1. The van der Waals surface area contributed by atoms with Gasteiger partial charge in [0.05, 0.1) is 18.0 Å². The van der Waals surface area contributed by atoms with E-state index in [0.29, 0.717) is 12.8 Å². The molecule has 30 heavy (non-hydrogen) atoms. The summed E-state index contributed by atoms with van der Waals surface area (Å²) in [6, 6.07) is 17.7. The van der Waals surface area contributed by atoms with Crippen LogP contribution in [0.5, 0.6) is 5.75 Å². The lowest BCUT2D eigenvalue weighted by Crippen LogP contribution is -2.26. The van der Waals surface area contributed by atoms with Gasteiger partial charge in [-0.25, -0.2) is 8.42 Å². The topological polar surface area (TPSA) is 85.6 Å². The van der Waals surface area contributed by atoms with Gasteiger partial charge in [-0.3, -0.25) is 4.79 Å². The normalized spacial score (nSPS) is 12.4. The van der Waals surface area contributed by atoms with E-state index in [2.05, 4.69) is 5.32 Å². The lowest BCUT2D eigenvalue weighted by atomic mass is 10.1. The van der Waals surface area contributed by atoms with Gasteiger partial charge >= 0.3 is 0 Å². The van der Waals surface area contributed by atoms with Crippen molar-refractivity contribution in [1.29, 1.82) is 0 Å². The first-order chi connectivity index (χ1) is 14.3. The fourth-order valence-electron chi connectivity index (χ4n) is 3.06. The van der Waals surface area contributed by atoms with Gasteiger partial charge in [-0.1, -0.05) is 12.1 Å². The van der Waals surface area contributed by atoms with Crippen LogP contribution in [0.25, 0.3) is 11.3 Å². The summed E-state index contributed by atoms with van der Waals surface area (Å²) in [6.45, 7) is 1.86. The molecule has 3 aromatic rings. The molecule has 3 rings (SSSR count). The Balaban J connectivity index is 1.53. The Hall–Kier alpha value is -3.06. The molecule has 0 fully saturated rings. The molecular weight excluding hydrogens is 402 g/mol. The Morgan fingerprint density at radius 3 is 2.30 bits per heavy atom. The largest absolute Gasteiger partial charge is 0.497 e. The standard InChI is InChI=1S/C23H25NO5S/c1-16(17-6-12-21(13-7-17)30(3,26)27)24-23(25)15-11-20-10-14-22(29-20)18-4-8-19(28-2)9-5-18/h4-10,12-14,16H,11,15H2,1-3H3,(H,24,25)/t16-/m1/s1. The maximum absolute atomic E-state index is 12.3. The quantitative estimate of drug-likeness (QED) is 0.583. The second-order valence-corrected chi connectivity index (χ2v) is 9.14. The van der Waals surface area contributed by atoms with E-state index in [1.165, 1.54) is 6.26 Å². The van der Waals surface area contributed by atoms with Gasteiger partial charge in [-0.2, -0.15) is 0 Å². The lowest BCUT2D eigenvalue weighted by Gasteiger charge is -2.14. The number of methoxy groups -OCH3 is 1. The molecule has 2 aromatic carbocycles. The smallest absolute Gasteiger partial charge is 0.220 e. The number of aryl methyl sites for hydroxylation is 1. The molecule has 0 radical (unpaired) electrons. The van der Waals surface area contributed by atoms with E-state index >= 15 is 0 Å². The van der Waals surface area contributed by atoms with Crippen LogP contribution in [0.2, 0.25) is 0 Å². The molecule has 0 aliphatic carbocycles. The average molecular weight is 428 g/mol. The summed E-state index contributed by atoms with van der Waals surface area (Å²) in [5, 5.41) is 2.93. The van der Waals surface area contributed by atoms with Crippen LogP contribution in [0.3, 0.4) is 0 Å². The third-order valence-corrected chi connectivity index (χ3v) is 5.95. The van der Waals surface area contributed by atoms with Gasteiger partial charge in [0.25, 0.3) is 0 Å². The monoisotopic (exact) mass is 427 g/mol. The van der Waals surface area contributed by atoms with Crippen LogP contribution < -0.4 is 10.1 Å². The summed E-state index contributed by atoms with van der Waals surface area (Å²) >= 11 is 0. The van der Waals surface area contributed by atoms with Crippen molar-refractivity contribution in [2.24, 2.45) is 0 Å². The summed E-state index contributed by atoms with van der Waals surface area (Å²) in [5.74, 6) is 2.16. The molecule has 0 unspecified atom stereocenters. The van der Waals surface area contributed by atoms with Gasteiger partial charge in [-0.15, -0.1) is 0 Å². The van der Waals surface area contributed by atoms with Crippen molar-refractivity contribution in [2.75, 3.05) is 13.4 Å². The van der Waals surface area contributed by atoms with Gasteiger partial charge in [0.2, 0.25) is 5.91 Å². The maximum Gasteiger partial charge on any atom is 0.220 e. The van der Waals surface area contributed by atoms with Crippen LogP contribution in [-0.2, 0) is 21.1 Å². The Bertz CT molecular complexity index is 1100. The van der Waals surface area contributed by atoms with Gasteiger partial charge in [0.1, 0.15) is 17.3 Å². The van der Waals surface area contributed by atoms with Gasteiger partial charge < -0.3 is 14.5 Å². The number of ether oxygens (including phenoxy) is 1. The van der Waals surface area contributed by atoms with Crippen LogP contribution in [0.15, 0.2) is 70.0 Å². The highest BCUT2D eigenvalue weighted by molar-refractivity contribution is 7.90. The van der Waals surface area contributed by atoms with Crippen molar-refractivity contribution in [2.45, 2.75) is 30.7 Å². The number of benzene rings is 2. The zero-order valence-electron chi connectivity index (χ0n) is 17.2. The number of hydrogen-bond acceptors (Lipinski definition) is 5. The van der Waals surface area contributed by atoms with E-state index in [1.807, 2.05) is 43.3 Å². The van der Waals surface area contributed by atoms with Crippen molar-refractivity contribution in [3.05, 3.63) is 72.0 Å². The van der Waals surface area contributed by atoms with Gasteiger partial charge in [-0.05, 0) is 61.0 Å². The van der Waals surface area contributed by atoms with Crippen molar-refractivity contribution >= 4 is 15.7 Å². The molecule has 0 aliphatic heterocycles. The molecule has 6 nitrogen and oxygen atoms in total. The number of hydrogen-bond donors (Lipinski definition) is 1. The highest BCUT2D eigenvalue weighted by Crippen LogP contribution is 2.25. The third-order valence-electron chi connectivity index (χ3n) is 4.82. The molecule has 1 aromatic heterocycles. The van der Waals surface area contributed by atoms with E-state index in [-0.39, 0.29) is 16.8 Å². The second kappa shape index (κ2) is 9.17. The zero-order valence-corrected chi connectivity index (χ0v) is 18.0. The molecule has 0 saturated carbocycles. The summed E-state index contributed by atoms with van der Waals surface area (Å²) in [5.41, 5.74) is 1.79. The second-order valence-electron chi connectivity index (χ2n) is 7.12. The molecule has 0 spiro atoms. The first kappa shape index (κ1) is 21.6. The highest BCUT2D eigenvalue weighted by atomic mass is 32.2. The number of sulfone groups is 1. The zero-order chi connectivity index (χ0) is 21.7. The number of rotatable bonds is 8. The number of nitrogens with one attached hydrogen (secondary N) is 1. The first-order valence-electron chi connectivity index (χ1n) is 9.59. The average Bonchev–Trinajstić information content (AvgIpc) is 3.21. The summed E-state index contributed by atoms with van der Waals surface area (Å²) < 4.78 is 34.1. The molecule has 1 N–H and O–H groups in total. The molecule has 1 amide bonds. The number of furan rings is 1. The molecule has 1 heterocycles. The summed E-state index contributed by atoms with van der Waals surface area (Å²) in [4.78, 5) is 12.6. The van der Waals surface area contributed by atoms with Crippen LogP contribution in [0.1, 0.15) is 30.7 Å². The Labute approximate surface area is 176 Å². The SMILES string of the molecule is COc1ccc(-c2ccc(CCC(=O)N[C@H](C)c3ccc(S(C)(=O)=O)cc3)o2)cc1. The summed E-state index contributed by atoms with van der Waals surface area (Å²) in [6.07, 6.45) is 1.95. The van der Waals surface area contributed by atoms with E-state index < -0.39 is 9.84 Å². The molecule has 7 heteroatoms. The van der Waals surface area contributed by atoms with E-state index in [4.69, 9.17) is 9.15 Å². The molecule has 0 saturated heterocycles. The van der Waals surface area contributed by atoms with Crippen molar-refractivity contribution < 1.29 is 22.4 Å². The van der Waals surface area contributed by atoms with Crippen LogP contribution >= 0.6 is 0 Å². The van der Waals surface area contributed by atoms with Crippen molar-refractivity contribution in [3.63, 3.8) is 0 Å². The Morgan fingerprint density at radius 1 is 1.03 bits per heavy atom. The van der Waals surface area contributed by atoms with E-state index in [0.717, 1.165) is 28.4 Å².